The fraction of sp³-hybridized carbons (Fsp3) is 0.462. The van der Waals surface area contributed by atoms with E-state index in [0.717, 1.165) is 5.69 Å². The predicted octanol–water partition coefficient (Wildman–Crippen LogP) is 2.05. The molecule has 1 rings (SSSR count). The van der Waals surface area contributed by atoms with E-state index in [1.165, 1.54) is 0 Å². The van der Waals surface area contributed by atoms with E-state index in [1.807, 2.05) is 32.9 Å². The molecule has 0 atom stereocenters. The van der Waals surface area contributed by atoms with Crippen molar-refractivity contribution in [2.24, 2.45) is 0 Å². The summed E-state index contributed by atoms with van der Waals surface area (Å²) in [5, 5.41) is 0. The summed E-state index contributed by atoms with van der Waals surface area (Å²) in [6, 6.07) is 7.20. The number of carbonyl (C=O) groups excluding carboxylic acids is 1. The van der Waals surface area contributed by atoms with Crippen molar-refractivity contribution < 1.29 is 9.53 Å². The highest BCUT2D eigenvalue weighted by molar-refractivity contribution is 5.94. The molecule has 0 saturated heterocycles. The van der Waals surface area contributed by atoms with Gasteiger partial charge in [-0.15, -0.1) is 0 Å². The highest BCUT2D eigenvalue weighted by Gasteiger charge is 2.16. The summed E-state index contributed by atoms with van der Waals surface area (Å²) in [6.45, 7) is 5.82. The van der Waals surface area contributed by atoms with E-state index in [4.69, 9.17) is 10.5 Å². The molecule has 1 amide bonds. The number of hydrogen-bond donors (Lipinski definition) is 1. The van der Waals surface area contributed by atoms with E-state index in [9.17, 15) is 4.79 Å². The van der Waals surface area contributed by atoms with Gasteiger partial charge in [0.05, 0.1) is 5.60 Å². The molecule has 0 aliphatic rings. The van der Waals surface area contributed by atoms with Gasteiger partial charge in [0.15, 0.2) is 0 Å². The smallest absolute Gasteiger partial charge is 0.252 e. The molecule has 0 aliphatic carbocycles. The van der Waals surface area contributed by atoms with Gasteiger partial charge in [0.25, 0.3) is 5.91 Å². The van der Waals surface area contributed by atoms with E-state index >= 15 is 0 Å². The first-order chi connectivity index (χ1) is 7.79. The minimum absolute atomic E-state index is 0.0643. The SMILES string of the molecule is CN(C(=O)COC(C)(C)C)c1cccc(N)c1. The number of nitrogens with two attached hydrogens (primary N) is 1. The lowest BCUT2D eigenvalue weighted by molar-refractivity contribution is -0.127. The second kappa shape index (κ2) is 5.19. The van der Waals surface area contributed by atoms with Crippen LogP contribution in [0.15, 0.2) is 24.3 Å². The molecule has 4 nitrogen and oxygen atoms in total. The fourth-order valence-corrected chi connectivity index (χ4v) is 1.25. The summed E-state index contributed by atoms with van der Waals surface area (Å²) < 4.78 is 5.44. The number of likely N-dealkylation sites (N-methyl/N-ethyl adjacent to an activating group) is 1. The van der Waals surface area contributed by atoms with Crippen LogP contribution >= 0.6 is 0 Å². The second-order valence-electron chi connectivity index (χ2n) is 4.95. The van der Waals surface area contributed by atoms with Crippen molar-refractivity contribution in [3.8, 4) is 0 Å². The Hall–Kier alpha value is -1.55. The molecule has 0 unspecified atom stereocenters. The summed E-state index contributed by atoms with van der Waals surface area (Å²) in [6.07, 6.45) is 0. The molecular formula is C13H20N2O2. The van der Waals surface area contributed by atoms with Crippen molar-refractivity contribution in [1.82, 2.24) is 0 Å². The maximum atomic E-state index is 11.9. The minimum Gasteiger partial charge on any atom is -0.399 e. The van der Waals surface area contributed by atoms with Crippen molar-refractivity contribution in [1.29, 1.82) is 0 Å². The average molecular weight is 236 g/mol. The Morgan fingerprint density at radius 1 is 1.41 bits per heavy atom. The van der Waals surface area contributed by atoms with E-state index in [2.05, 4.69) is 0 Å². The fourth-order valence-electron chi connectivity index (χ4n) is 1.25. The van der Waals surface area contributed by atoms with Crippen molar-refractivity contribution in [2.45, 2.75) is 26.4 Å². The Morgan fingerprint density at radius 3 is 2.59 bits per heavy atom. The molecule has 0 spiro atoms. The summed E-state index contributed by atoms with van der Waals surface area (Å²) in [5.41, 5.74) is 6.77. The lowest BCUT2D eigenvalue weighted by Gasteiger charge is -2.22. The third-order valence-electron chi connectivity index (χ3n) is 2.26. The topological polar surface area (TPSA) is 55.6 Å². The second-order valence-corrected chi connectivity index (χ2v) is 4.95. The summed E-state index contributed by atoms with van der Waals surface area (Å²) in [4.78, 5) is 13.4. The Kier molecular flexibility index (Phi) is 4.12. The van der Waals surface area contributed by atoms with E-state index < -0.39 is 0 Å². The van der Waals surface area contributed by atoms with Crippen LogP contribution in [0.1, 0.15) is 20.8 Å². The first-order valence-electron chi connectivity index (χ1n) is 5.55. The number of benzene rings is 1. The zero-order valence-corrected chi connectivity index (χ0v) is 10.9. The molecule has 0 radical (unpaired) electrons. The molecule has 1 aromatic carbocycles. The quantitative estimate of drug-likeness (QED) is 0.817. The maximum Gasteiger partial charge on any atom is 0.252 e. The first-order valence-corrected chi connectivity index (χ1v) is 5.55. The average Bonchev–Trinajstić information content (AvgIpc) is 2.24. The zero-order chi connectivity index (χ0) is 13.1. The van der Waals surface area contributed by atoms with Crippen molar-refractivity contribution in [3.05, 3.63) is 24.3 Å². The molecule has 4 heteroatoms. The number of ether oxygens (including phenoxy) is 1. The predicted molar refractivity (Wildman–Crippen MR) is 70.0 cm³/mol. The van der Waals surface area contributed by atoms with Gasteiger partial charge < -0.3 is 15.4 Å². The number of rotatable bonds is 3. The number of amides is 1. The number of nitrogen functional groups attached to an aromatic ring is 1. The van der Waals surface area contributed by atoms with Gasteiger partial charge in [0.1, 0.15) is 6.61 Å². The first kappa shape index (κ1) is 13.5. The Bertz CT molecular complexity index is 397. The van der Waals surface area contributed by atoms with Crippen LogP contribution in [-0.2, 0) is 9.53 Å². The van der Waals surface area contributed by atoms with Crippen LogP contribution in [0.3, 0.4) is 0 Å². The highest BCUT2D eigenvalue weighted by Crippen LogP contribution is 2.16. The van der Waals surface area contributed by atoms with Crippen LogP contribution in [-0.4, -0.2) is 25.2 Å². The Labute approximate surface area is 102 Å². The van der Waals surface area contributed by atoms with Crippen LogP contribution in [0.5, 0.6) is 0 Å². The molecule has 1 aromatic rings. The summed E-state index contributed by atoms with van der Waals surface area (Å²) in [7, 11) is 1.71. The molecule has 0 bridgehead atoms. The number of carbonyl (C=O) groups is 1. The van der Waals surface area contributed by atoms with Gasteiger partial charge in [-0.3, -0.25) is 4.79 Å². The van der Waals surface area contributed by atoms with E-state index in [1.54, 1.807) is 24.1 Å². The largest absolute Gasteiger partial charge is 0.399 e. The molecule has 94 valence electrons. The lowest BCUT2D eigenvalue weighted by Crippen LogP contribution is -2.33. The number of hydrogen-bond acceptors (Lipinski definition) is 3. The normalized spacial score (nSPS) is 11.3. The lowest BCUT2D eigenvalue weighted by atomic mass is 10.2. The van der Waals surface area contributed by atoms with Crippen LogP contribution in [0, 0.1) is 0 Å². The molecule has 2 N–H and O–H groups in total. The van der Waals surface area contributed by atoms with Gasteiger partial charge in [0, 0.05) is 18.4 Å². The third-order valence-corrected chi connectivity index (χ3v) is 2.26. The number of nitrogens with zero attached hydrogens (tertiary/aromatic N) is 1. The van der Waals surface area contributed by atoms with Gasteiger partial charge in [-0.1, -0.05) is 6.07 Å². The Morgan fingerprint density at radius 2 is 2.06 bits per heavy atom. The van der Waals surface area contributed by atoms with Gasteiger partial charge in [-0.05, 0) is 39.0 Å². The van der Waals surface area contributed by atoms with Gasteiger partial charge in [-0.2, -0.15) is 0 Å². The van der Waals surface area contributed by atoms with Crippen LogP contribution in [0.2, 0.25) is 0 Å². The summed E-state index contributed by atoms with van der Waals surface area (Å²) >= 11 is 0. The molecule has 0 aliphatic heterocycles. The summed E-state index contributed by atoms with van der Waals surface area (Å²) in [5.74, 6) is -0.0921. The van der Waals surface area contributed by atoms with Gasteiger partial charge in [0.2, 0.25) is 0 Å². The molecule has 0 aromatic heterocycles. The van der Waals surface area contributed by atoms with Gasteiger partial charge >= 0.3 is 0 Å². The third kappa shape index (κ3) is 4.44. The maximum absolute atomic E-state index is 11.9. The molecule has 0 saturated carbocycles. The molecular weight excluding hydrogens is 216 g/mol. The van der Waals surface area contributed by atoms with Crippen LogP contribution in [0.4, 0.5) is 11.4 Å². The molecule has 0 fully saturated rings. The molecule has 0 heterocycles. The van der Waals surface area contributed by atoms with Crippen molar-refractivity contribution in [3.63, 3.8) is 0 Å². The monoisotopic (exact) mass is 236 g/mol. The van der Waals surface area contributed by atoms with Gasteiger partial charge in [-0.25, -0.2) is 0 Å². The van der Waals surface area contributed by atoms with E-state index in [0.29, 0.717) is 5.69 Å². The number of anilines is 2. The standard InChI is InChI=1S/C13H20N2O2/c1-13(2,3)17-9-12(16)15(4)11-7-5-6-10(14)8-11/h5-8H,9,14H2,1-4H3. The molecule has 17 heavy (non-hydrogen) atoms. The van der Waals surface area contributed by atoms with Crippen molar-refractivity contribution >= 4 is 17.3 Å². The van der Waals surface area contributed by atoms with Crippen LogP contribution in [0.25, 0.3) is 0 Å². The highest BCUT2D eigenvalue weighted by atomic mass is 16.5. The van der Waals surface area contributed by atoms with E-state index in [-0.39, 0.29) is 18.1 Å². The van der Waals surface area contributed by atoms with Crippen molar-refractivity contribution in [2.75, 3.05) is 24.3 Å². The Balaban J connectivity index is 2.64. The zero-order valence-electron chi connectivity index (χ0n) is 10.9. The van der Waals surface area contributed by atoms with Crippen LogP contribution < -0.4 is 10.6 Å². The minimum atomic E-state index is -0.313.